The van der Waals surface area contributed by atoms with Gasteiger partial charge < -0.3 is 14.8 Å². The van der Waals surface area contributed by atoms with E-state index < -0.39 is 0 Å². The van der Waals surface area contributed by atoms with Gasteiger partial charge in [0.2, 0.25) is 0 Å². The van der Waals surface area contributed by atoms with Crippen molar-refractivity contribution in [1.29, 1.82) is 0 Å². The highest BCUT2D eigenvalue weighted by molar-refractivity contribution is 7.98. The summed E-state index contributed by atoms with van der Waals surface area (Å²) >= 11 is 1.76. The molecular formula is C23H21NO3S. The molecule has 0 fully saturated rings. The van der Waals surface area contributed by atoms with Crippen molar-refractivity contribution in [3.05, 3.63) is 89.5 Å². The molecule has 28 heavy (non-hydrogen) atoms. The molecule has 0 aliphatic carbocycles. The number of para-hydroxylation sites is 1. The minimum Gasteiger partial charge on any atom is -0.486 e. The molecule has 0 saturated carbocycles. The summed E-state index contributed by atoms with van der Waals surface area (Å²) in [6.07, 6.45) is 0. The van der Waals surface area contributed by atoms with E-state index in [4.69, 9.17) is 9.47 Å². The number of hydrogen-bond acceptors (Lipinski definition) is 4. The minimum absolute atomic E-state index is 0.103. The molecule has 1 N–H and O–H groups in total. The first-order valence-corrected chi connectivity index (χ1v) is 10.2. The first kappa shape index (κ1) is 18.4. The molecule has 0 unspecified atom stereocenters. The Kier molecular flexibility index (Phi) is 5.83. The van der Waals surface area contributed by atoms with Crippen molar-refractivity contribution in [2.24, 2.45) is 0 Å². The molecule has 1 aliphatic rings. The van der Waals surface area contributed by atoms with Gasteiger partial charge in [0.1, 0.15) is 13.2 Å². The van der Waals surface area contributed by atoms with Gasteiger partial charge in [-0.2, -0.15) is 0 Å². The van der Waals surface area contributed by atoms with Crippen molar-refractivity contribution < 1.29 is 14.3 Å². The van der Waals surface area contributed by atoms with E-state index in [2.05, 4.69) is 17.4 Å². The summed E-state index contributed by atoms with van der Waals surface area (Å²) < 4.78 is 11.3. The van der Waals surface area contributed by atoms with Crippen LogP contribution in [0.1, 0.15) is 21.5 Å². The second-order valence-electron chi connectivity index (χ2n) is 6.42. The van der Waals surface area contributed by atoms with Crippen molar-refractivity contribution in [2.75, 3.05) is 13.2 Å². The van der Waals surface area contributed by atoms with Crippen LogP contribution in [-0.4, -0.2) is 19.1 Å². The number of rotatable bonds is 6. The number of amides is 1. The molecule has 1 heterocycles. The summed E-state index contributed by atoms with van der Waals surface area (Å²) in [7, 11) is 0. The number of thioether (sulfide) groups is 1. The lowest BCUT2D eigenvalue weighted by molar-refractivity contribution is 0.0950. The Morgan fingerprint density at radius 1 is 0.893 bits per heavy atom. The van der Waals surface area contributed by atoms with E-state index >= 15 is 0 Å². The molecule has 3 aromatic carbocycles. The van der Waals surface area contributed by atoms with Crippen LogP contribution in [0.2, 0.25) is 0 Å². The maximum absolute atomic E-state index is 12.5. The number of fused-ring (bicyclic) bond motifs is 1. The zero-order valence-corrected chi connectivity index (χ0v) is 16.2. The van der Waals surface area contributed by atoms with Crippen molar-refractivity contribution >= 4 is 17.7 Å². The first-order valence-electron chi connectivity index (χ1n) is 9.22. The predicted octanol–water partition coefficient (Wildman–Crippen LogP) is 4.68. The highest BCUT2D eigenvalue weighted by atomic mass is 32.2. The minimum atomic E-state index is -0.103. The highest BCUT2D eigenvalue weighted by Crippen LogP contribution is 2.33. The van der Waals surface area contributed by atoms with E-state index in [0.29, 0.717) is 25.3 Å². The van der Waals surface area contributed by atoms with Gasteiger partial charge in [0.05, 0.1) is 0 Å². The Balaban J connectivity index is 1.34. The van der Waals surface area contributed by atoms with Crippen LogP contribution < -0.4 is 14.8 Å². The monoisotopic (exact) mass is 391 g/mol. The van der Waals surface area contributed by atoms with Crippen LogP contribution in [0.5, 0.6) is 11.5 Å². The average molecular weight is 391 g/mol. The number of benzene rings is 3. The van der Waals surface area contributed by atoms with Gasteiger partial charge in [-0.05, 0) is 35.9 Å². The number of ether oxygens (including phenoxy) is 2. The fraction of sp³-hybridized carbons (Fsp3) is 0.174. The smallest absolute Gasteiger partial charge is 0.251 e. The normalized spacial score (nSPS) is 12.4. The molecule has 0 atom stereocenters. The quantitative estimate of drug-likeness (QED) is 0.620. The van der Waals surface area contributed by atoms with Gasteiger partial charge in [0.25, 0.3) is 5.91 Å². The molecule has 0 saturated heterocycles. The summed E-state index contributed by atoms with van der Waals surface area (Å²) in [5.41, 5.74) is 2.85. The SMILES string of the molecule is O=C(NCc1cccc2c1OCCO2)c1ccc(SCc2ccccc2)cc1. The maximum atomic E-state index is 12.5. The second kappa shape index (κ2) is 8.85. The molecule has 0 spiro atoms. The number of carbonyl (C=O) groups is 1. The van der Waals surface area contributed by atoms with Gasteiger partial charge in [-0.3, -0.25) is 4.79 Å². The fourth-order valence-electron chi connectivity index (χ4n) is 2.99. The van der Waals surface area contributed by atoms with Crippen molar-refractivity contribution in [2.45, 2.75) is 17.2 Å². The summed E-state index contributed by atoms with van der Waals surface area (Å²) in [6.45, 7) is 1.48. The summed E-state index contributed by atoms with van der Waals surface area (Å²) in [5.74, 6) is 2.27. The van der Waals surface area contributed by atoms with Crippen molar-refractivity contribution in [1.82, 2.24) is 5.32 Å². The molecule has 0 aromatic heterocycles. The van der Waals surface area contributed by atoms with Crippen LogP contribution in [0, 0.1) is 0 Å². The predicted molar refractivity (Wildman–Crippen MR) is 111 cm³/mol. The zero-order valence-electron chi connectivity index (χ0n) is 15.4. The van der Waals surface area contributed by atoms with Gasteiger partial charge in [0.15, 0.2) is 11.5 Å². The third-order valence-corrected chi connectivity index (χ3v) is 5.54. The Labute approximate surface area is 168 Å². The number of carbonyl (C=O) groups excluding carboxylic acids is 1. The lowest BCUT2D eigenvalue weighted by atomic mass is 10.1. The van der Waals surface area contributed by atoms with Gasteiger partial charge in [-0.15, -0.1) is 11.8 Å². The lowest BCUT2D eigenvalue weighted by Crippen LogP contribution is -2.24. The van der Waals surface area contributed by atoms with Crippen LogP contribution in [0.4, 0.5) is 0 Å². The first-order chi connectivity index (χ1) is 13.8. The average Bonchev–Trinajstić information content (AvgIpc) is 2.77. The molecule has 0 bridgehead atoms. The number of hydrogen-bond donors (Lipinski definition) is 1. The molecule has 4 nitrogen and oxygen atoms in total. The van der Waals surface area contributed by atoms with Crippen molar-refractivity contribution in [3.63, 3.8) is 0 Å². The summed E-state index contributed by atoms with van der Waals surface area (Å²) in [6, 6.07) is 23.8. The highest BCUT2D eigenvalue weighted by Gasteiger charge is 2.16. The molecule has 3 aromatic rings. The van der Waals surface area contributed by atoms with Crippen molar-refractivity contribution in [3.8, 4) is 11.5 Å². The summed E-state index contributed by atoms with van der Waals surface area (Å²) in [5, 5.41) is 2.96. The van der Waals surface area contributed by atoms with Gasteiger partial charge in [-0.25, -0.2) is 0 Å². The zero-order chi connectivity index (χ0) is 19.2. The van der Waals surface area contributed by atoms with Gasteiger partial charge in [-0.1, -0.05) is 42.5 Å². The maximum Gasteiger partial charge on any atom is 0.251 e. The molecule has 5 heteroatoms. The van der Waals surface area contributed by atoms with E-state index in [1.807, 2.05) is 60.7 Å². The van der Waals surface area contributed by atoms with Crippen LogP contribution >= 0.6 is 11.8 Å². The van der Waals surface area contributed by atoms with Gasteiger partial charge in [0, 0.05) is 28.3 Å². The van der Waals surface area contributed by atoms with E-state index in [1.54, 1.807) is 11.8 Å². The Morgan fingerprint density at radius 3 is 2.50 bits per heavy atom. The van der Waals surface area contributed by atoms with E-state index in [0.717, 1.165) is 27.7 Å². The molecular weight excluding hydrogens is 370 g/mol. The number of nitrogens with one attached hydrogen (secondary N) is 1. The summed E-state index contributed by atoms with van der Waals surface area (Å²) in [4.78, 5) is 13.6. The lowest BCUT2D eigenvalue weighted by Gasteiger charge is -2.21. The van der Waals surface area contributed by atoms with Crippen LogP contribution in [0.3, 0.4) is 0 Å². The Morgan fingerprint density at radius 2 is 1.68 bits per heavy atom. The van der Waals surface area contributed by atoms with E-state index in [-0.39, 0.29) is 5.91 Å². The van der Waals surface area contributed by atoms with E-state index in [1.165, 1.54) is 5.56 Å². The van der Waals surface area contributed by atoms with Crippen LogP contribution in [0.25, 0.3) is 0 Å². The molecule has 142 valence electrons. The fourth-order valence-corrected chi connectivity index (χ4v) is 3.85. The van der Waals surface area contributed by atoms with Crippen LogP contribution in [0.15, 0.2) is 77.7 Å². The molecule has 1 aliphatic heterocycles. The largest absolute Gasteiger partial charge is 0.486 e. The Bertz CT molecular complexity index is 942. The molecule has 4 rings (SSSR count). The van der Waals surface area contributed by atoms with Crippen LogP contribution in [-0.2, 0) is 12.3 Å². The Hall–Kier alpha value is -2.92. The molecule has 1 amide bonds. The topological polar surface area (TPSA) is 47.6 Å². The van der Waals surface area contributed by atoms with E-state index in [9.17, 15) is 4.79 Å². The second-order valence-corrected chi connectivity index (χ2v) is 7.47. The third kappa shape index (κ3) is 4.49. The van der Waals surface area contributed by atoms with Gasteiger partial charge >= 0.3 is 0 Å². The molecule has 0 radical (unpaired) electrons. The third-order valence-electron chi connectivity index (χ3n) is 4.45. The standard InChI is InChI=1S/C23H21NO3S/c25-23(24-15-19-7-4-8-21-22(19)27-14-13-26-21)18-9-11-20(12-10-18)28-16-17-5-2-1-3-6-17/h1-12H,13-16H2,(H,24,25).